The van der Waals surface area contributed by atoms with E-state index in [0.717, 1.165) is 18.4 Å². The van der Waals surface area contributed by atoms with Crippen LogP contribution in [-0.4, -0.2) is 28.1 Å². The molecule has 2 aromatic carbocycles. The molecular weight excluding hydrogens is 457 g/mol. The number of alkyl halides is 1. The molecule has 0 N–H and O–H groups in total. The molecule has 0 fully saturated rings. The number of halogens is 3. The molecule has 3 rings (SSSR count). The lowest BCUT2D eigenvalue weighted by Gasteiger charge is -2.07. The minimum atomic E-state index is -0.751. The molecule has 0 atom stereocenters. The Labute approximate surface area is 201 Å². The van der Waals surface area contributed by atoms with Gasteiger partial charge in [0.05, 0.1) is 17.5 Å². The van der Waals surface area contributed by atoms with E-state index in [-0.39, 0.29) is 23.6 Å². The lowest BCUT2D eigenvalue weighted by Crippen LogP contribution is -2.15. The summed E-state index contributed by atoms with van der Waals surface area (Å²) >= 11 is 0. The first-order valence-electron chi connectivity index (χ1n) is 10.6. The quantitative estimate of drug-likeness (QED) is 0.232. The molecule has 0 aliphatic heterocycles. The van der Waals surface area contributed by atoms with Gasteiger partial charge in [-0.15, -0.1) is 0 Å². The Bertz CT molecular complexity index is 1260. The van der Waals surface area contributed by atoms with E-state index in [2.05, 4.69) is 4.98 Å². The summed E-state index contributed by atoms with van der Waals surface area (Å²) in [6.07, 6.45) is 9.20. The molecule has 35 heavy (non-hydrogen) atoms. The molecule has 1 aromatic heterocycles. The normalized spacial score (nSPS) is 11.1. The smallest absolute Gasteiger partial charge is 0.343 e. The minimum absolute atomic E-state index is 0.0520. The first kappa shape index (κ1) is 27.0. The second-order valence-corrected chi connectivity index (χ2v) is 7.12. The van der Waals surface area contributed by atoms with Crippen LogP contribution in [0, 0.1) is 25.5 Å². The molecule has 0 unspecified atom stereocenters. The van der Waals surface area contributed by atoms with Crippen molar-refractivity contribution < 1.29 is 27.5 Å². The van der Waals surface area contributed by atoms with Crippen molar-refractivity contribution in [2.75, 3.05) is 6.67 Å². The van der Waals surface area contributed by atoms with E-state index in [0.29, 0.717) is 11.4 Å². The van der Waals surface area contributed by atoms with Crippen molar-refractivity contribution in [1.82, 2.24) is 9.55 Å². The third-order valence-electron chi connectivity index (χ3n) is 4.63. The van der Waals surface area contributed by atoms with Crippen molar-refractivity contribution in [3.05, 3.63) is 119 Å². The molecule has 0 saturated carbocycles. The molecule has 0 spiro atoms. The molecule has 0 aliphatic carbocycles. The van der Waals surface area contributed by atoms with E-state index in [1.165, 1.54) is 53.1 Å². The van der Waals surface area contributed by atoms with E-state index < -0.39 is 23.5 Å². The van der Waals surface area contributed by atoms with Gasteiger partial charge >= 0.3 is 5.97 Å². The third-order valence-corrected chi connectivity index (χ3v) is 4.63. The Kier molecular flexibility index (Phi) is 10.4. The van der Waals surface area contributed by atoms with Gasteiger partial charge in [0, 0.05) is 17.3 Å². The van der Waals surface area contributed by atoms with Crippen LogP contribution in [0.5, 0.6) is 0 Å². The maximum atomic E-state index is 13.5. The number of benzene rings is 2. The number of carbonyl (C=O) groups excluding carboxylic acids is 2. The molecular formula is C27H25F3N2O3. The minimum Gasteiger partial charge on any atom is -0.431 e. The molecule has 182 valence electrons. The summed E-state index contributed by atoms with van der Waals surface area (Å²) in [4.78, 5) is 29.0. The van der Waals surface area contributed by atoms with Gasteiger partial charge in [-0.05, 0) is 57.2 Å². The number of aryl methyl sites for hydroxylation is 1. The van der Waals surface area contributed by atoms with Gasteiger partial charge in [-0.25, -0.2) is 22.9 Å². The Morgan fingerprint density at radius 3 is 2.23 bits per heavy atom. The van der Waals surface area contributed by atoms with Crippen molar-refractivity contribution in [3.63, 3.8) is 0 Å². The number of allylic oxidation sites excluding steroid dienone is 4. The van der Waals surface area contributed by atoms with Crippen LogP contribution < -0.4 is 0 Å². The number of carbonyl (C=O) groups is 2. The zero-order valence-electron chi connectivity index (χ0n) is 19.5. The monoisotopic (exact) mass is 482 g/mol. The number of esters is 1. The van der Waals surface area contributed by atoms with Crippen LogP contribution in [0.25, 0.3) is 6.08 Å². The average Bonchev–Trinajstić information content (AvgIpc) is 3.12. The molecule has 5 nitrogen and oxygen atoms in total. The van der Waals surface area contributed by atoms with Gasteiger partial charge in [0.25, 0.3) is 5.91 Å². The number of hydrogen-bond donors (Lipinski definition) is 0. The van der Waals surface area contributed by atoms with Crippen molar-refractivity contribution in [2.24, 2.45) is 0 Å². The van der Waals surface area contributed by atoms with Crippen LogP contribution in [0.1, 0.15) is 44.9 Å². The van der Waals surface area contributed by atoms with E-state index in [9.17, 15) is 22.8 Å². The summed E-state index contributed by atoms with van der Waals surface area (Å²) < 4.78 is 44.1. The second kappa shape index (κ2) is 13.5. The highest BCUT2D eigenvalue weighted by Gasteiger charge is 2.18. The van der Waals surface area contributed by atoms with Gasteiger partial charge < -0.3 is 4.74 Å². The SMILES string of the molecule is C/C=C\C=C/CF.Cc1nc(/C=C\OC(=O)c2cccc(F)c2)n(C(=O)c2cccc(F)c2)c1C. The van der Waals surface area contributed by atoms with Gasteiger partial charge in [-0.1, -0.05) is 36.4 Å². The molecule has 0 bridgehead atoms. The predicted octanol–water partition coefficient (Wildman–Crippen LogP) is 6.38. The van der Waals surface area contributed by atoms with Gasteiger partial charge in [-0.2, -0.15) is 0 Å². The summed E-state index contributed by atoms with van der Waals surface area (Å²) in [6.45, 7) is 4.95. The van der Waals surface area contributed by atoms with Crippen molar-refractivity contribution in [2.45, 2.75) is 20.8 Å². The molecule has 0 amide bonds. The number of rotatable bonds is 6. The van der Waals surface area contributed by atoms with E-state index in [1.807, 2.05) is 13.0 Å². The number of aromatic nitrogens is 2. The average molecular weight is 483 g/mol. The number of hydrogen-bond acceptors (Lipinski definition) is 4. The van der Waals surface area contributed by atoms with Gasteiger partial charge in [0.15, 0.2) is 0 Å². The number of imidazole rings is 1. The number of nitrogens with zero attached hydrogens (tertiary/aromatic N) is 2. The summed E-state index contributed by atoms with van der Waals surface area (Å²) in [5.41, 5.74) is 1.38. The first-order chi connectivity index (χ1) is 16.8. The number of ether oxygens (including phenoxy) is 1. The van der Waals surface area contributed by atoms with E-state index in [4.69, 9.17) is 4.74 Å². The zero-order chi connectivity index (χ0) is 25.8. The van der Waals surface area contributed by atoms with E-state index in [1.54, 1.807) is 26.0 Å². The maximum absolute atomic E-state index is 13.5. The molecule has 1 heterocycles. The summed E-state index contributed by atoms with van der Waals surface area (Å²) in [5.74, 6) is -2.08. The largest absolute Gasteiger partial charge is 0.431 e. The highest BCUT2D eigenvalue weighted by molar-refractivity contribution is 5.97. The highest BCUT2D eigenvalue weighted by Crippen LogP contribution is 2.16. The fourth-order valence-electron chi connectivity index (χ4n) is 2.84. The van der Waals surface area contributed by atoms with Crippen LogP contribution in [0.15, 0.2) is 79.1 Å². The fourth-order valence-corrected chi connectivity index (χ4v) is 2.84. The van der Waals surface area contributed by atoms with Gasteiger partial charge in [0.1, 0.15) is 24.1 Å². The maximum Gasteiger partial charge on any atom is 0.343 e. The van der Waals surface area contributed by atoms with Crippen LogP contribution >= 0.6 is 0 Å². The van der Waals surface area contributed by atoms with Gasteiger partial charge in [-0.3, -0.25) is 9.36 Å². The standard InChI is InChI=1S/C21H16F2N2O3.C6H9F/c1-13-14(2)25(20(26)15-5-3-7-17(22)11-15)19(24-13)9-10-28-21(27)16-6-4-8-18(23)12-16;1-2-3-4-5-6-7/h3-12H,1-2H3;2-5H,6H2,1H3/b10-9-;3-2-,5-4-. The van der Waals surface area contributed by atoms with Crippen molar-refractivity contribution in [1.29, 1.82) is 0 Å². The van der Waals surface area contributed by atoms with Crippen LogP contribution in [0.3, 0.4) is 0 Å². The van der Waals surface area contributed by atoms with Crippen molar-refractivity contribution >= 4 is 18.0 Å². The Balaban J connectivity index is 0.000000540. The van der Waals surface area contributed by atoms with Crippen LogP contribution in [0.2, 0.25) is 0 Å². The van der Waals surface area contributed by atoms with Crippen LogP contribution in [-0.2, 0) is 4.74 Å². The first-order valence-corrected chi connectivity index (χ1v) is 10.6. The lowest BCUT2D eigenvalue weighted by molar-refractivity contribution is 0.0664. The summed E-state index contributed by atoms with van der Waals surface area (Å²) in [7, 11) is 0. The predicted molar refractivity (Wildman–Crippen MR) is 129 cm³/mol. The second-order valence-electron chi connectivity index (χ2n) is 7.12. The van der Waals surface area contributed by atoms with Gasteiger partial charge in [0.2, 0.25) is 0 Å². The molecule has 0 aliphatic rings. The Hall–Kier alpha value is -4.20. The van der Waals surface area contributed by atoms with Crippen LogP contribution in [0.4, 0.5) is 13.2 Å². The lowest BCUT2D eigenvalue weighted by atomic mass is 10.2. The Morgan fingerprint density at radius 2 is 1.63 bits per heavy atom. The summed E-state index contributed by atoms with van der Waals surface area (Å²) in [5, 5.41) is 0. The molecule has 3 aromatic rings. The zero-order valence-corrected chi connectivity index (χ0v) is 19.5. The highest BCUT2D eigenvalue weighted by atomic mass is 19.1. The van der Waals surface area contributed by atoms with E-state index >= 15 is 0 Å². The topological polar surface area (TPSA) is 61.2 Å². The summed E-state index contributed by atoms with van der Waals surface area (Å²) in [6, 6.07) is 10.4. The fraction of sp³-hybridized carbons (Fsp3) is 0.148. The third kappa shape index (κ3) is 7.96. The van der Waals surface area contributed by atoms with Crippen molar-refractivity contribution in [3.8, 4) is 0 Å². The Morgan fingerprint density at radius 1 is 1.00 bits per heavy atom. The molecule has 8 heteroatoms. The molecule has 0 saturated heterocycles. The molecule has 0 radical (unpaired) electrons.